The Balaban J connectivity index is 2.68. The molecule has 0 spiro atoms. The third-order valence-corrected chi connectivity index (χ3v) is 2.50. The summed E-state index contributed by atoms with van der Waals surface area (Å²) in [5.41, 5.74) is 2.33. The number of anilines is 1. The van der Waals surface area contributed by atoms with Gasteiger partial charge in [0.05, 0.1) is 18.4 Å². The SMILES string of the molecule is C#CCN(C)c1cnccc1CNCC(C)C. The van der Waals surface area contributed by atoms with Crippen molar-refractivity contribution in [2.75, 3.05) is 25.0 Å². The summed E-state index contributed by atoms with van der Waals surface area (Å²) in [6.07, 6.45) is 9.01. The van der Waals surface area contributed by atoms with Crippen LogP contribution in [0.5, 0.6) is 0 Å². The van der Waals surface area contributed by atoms with Crippen molar-refractivity contribution in [2.45, 2.75) is 20.4 Å². The molecule has 3 heteroatoms. The fourth-order valence-corrected chi connectivity index (χ4v) is 1.63. The first-order valence-corrected chi connectivity index (χ1v) is 5.93. The first-order chi connectivity index (χ1) is 8.15. The van der Waals surface area contributed by atoms with Crippen molar-refractivity contribution in [2.24, 2.45) is 5.92 Å². The van der Waals surface area contributed by atoms with E-state index in [1.165, 1.54) is 5.56 Å². The van der Waals surface area contributed by atoms with Crippen LogP contribution in [-0.2, 0) is 6.54 Å². The smallest absolute Gasteiger partial charge is 0.0789 e. The number of pyridine rings is 1. The van der Waals surface area contributed by atoms with Gasteiger partial charge in [0, 0.05) is 19.8 Å². The van der Waals surface area contributed by atoms with E-state index in [9.17, 15) is 0 Å². The number of rotatable bonds is 6. The number of terminal acetylenes is 1. The Morgan fingerprint density at radius 1 is 1.53 bits per heavy atom. The molecule has 0 amide bonds. The van der Waals surface area contributed by atoms with E-state index in [-0.39, 0.29) is 0 Å². The molecule has 0 fully saturated rings. The van der Waals surface area contributed by atoms with Gasteiger partial charge in [-0.1, -0.05) is 19.8 Å². The molecule has 0 atom stereocenters. The zero-order valence-electron chi connectivity index (χ0n) is 10.9. The molecular weight excluding hydrogens is 210 g/mol. The van der Waals surface area contributed by atoms with E-state index in [0.717, 1.165) is 18.8 Å². The van der Waals surface area contributed by atoms with Crippen molar-refractivity contribution >= 4 is 5.69 Å². The van der Waals surface area contributed by atoms with Crippen molar-refractivity contribution in [1.29, 1.82) is 0 Å². The third kappa shape index (κ3) is 4.46. The predicted octanol–water partition coefficient (Wildman–Crippen LogP) is 1.90. The number of hydrogen-bond donors (Lipinski definition) is 1. The van der Waals surface area contributed by atoms with E-state index in [1.54, 1.807) is 0 Å². The Hall–Kier alpha value is -1.53. The maximum Gasteiger partial charge on any atom is 0.0789 e. The van der Waals surface area contributed by atoms with Gasteiger partial charge in [0.15, 0.2) is 0 Å². The second kappa shape index (κ2) is 6.93. The van der Waals surface area contributed by atoms with Crippen LogP contribution in [0.15, 0.2) is 18.5 Å². The van der Waals surface area contributed by atoms with Gasteiger partial charge in [-0.2, -0.15) is 0 Å². The molecule has 17 heavy (non-hydrogen) atoms. The van der Waals surface area contributed by atoms with Crippen LogP contribution in [0.25, 0.3) is 0 Å². The molecule has 0 radical (unpaired) electrons. The monoisotopic (exact) mass is 231 g/mol. The molecule has 1 aromatic heterocycles. The maximum atomic E-state index is 5.33. The van der Waals surface area contributed by atoms with Gasteiger partial charge in [0.25, 0.3) is 0 Å². The average molecular weight is 231 g/mol. The highest BCUT2D eigenvalue weighted by Gasteiger charge is 2.06. The molecular formula is C14H21N3. The molecule has 1 rings (SSSR count). The van der Waals surface area contributed by atoms with Gasteiger partial charge in [0.2, 0.25) is 0 Å². The largest absolute Gasteiger partial charge is 0.362 e. The summed E-state index contributed by atoms with van der Waals surface area (Å²) in [6, 6.07) is 2.04. The Morgan fingerprint density at radius 2 is 2.29 bits per heavy atom. The van der Waals surface area contributed by atoms with Gasteiger partial charge in [-0.25, -0.2) is 0 Å². The van der Waals surface area contributed by atoms with Gasteiger partial charge >= 0.3 is 0 Å². The Bertz CT molecular complexity index is 379. The summed E-state index contributed by atoms with van der Waals surface area (Å²) >= 11 is 0. The number of aromatic nitrogens is 1. The van der Waals surface area contributed by atoms with Crippen LogP contribution >= 0.6 is 0 Å². The van der Waals surface area contributed by atoms with E-state index < -0.39 is 0 Å². The van der Waals surface area contributed by atoms with Crippen LogP contribution in [0.2, 0.25) is 0 Å². The maximum absolute atomic E-state index is 5.33. The van der Waals surface area contributed by atoms with Crippen LogP contribution < -0.4 is 10.2 Å². The predicted molar refractivity (Wildman–Crippen MR) is 72.9 cm³/mol. The first-order valence-electron chi connectivity index (χ1n) is 5.93. The molecule has 0 bridgehead atoms. The normalized spacial score (nSPS) is 10.3. The summed E-state index contributed by atoms with van der Waals surface area (Å²) in [6.45, 7) is 6.87. The molecule has 0 saturated heterocycles. The molecule has 3 nitrogen and oxygen atoms in total. The lowest BCUT2D eigenvalue weighted by Gasteiger charge is -2.20. The van der Waals surface area contributed by atoms with Crippen LogP contribution in [0.3, 0.4) is 0 Å². The zero-order valence-corrected chi connectivity index (χ0v) is 10.9. The van der Waals surface area contributed by atoms with Crippen LogP contribution in [0.4, 0.5) is 5.69 Å². The fourth-order valence-electron chi connectivity index (χ4n) is 1.63. The number of nitrogens with zero attached hydrogens (tertiary/aromatic N) is 2. The van der Waals surface area contributed by atoms with Crippen molar-refractivity contribution in [1.82, 2.24) is 10.3 Å². The summed E-state index contributed by atoms with van der Waals surface area (Å²) in [4.78, 5) is 6.19. The van der Waals surface area contributed by atoms with Crippen LogP contribution in [0.1, 0.15) is 19.4 Å². The summed E-state index contributed by atoms with van der Waals surface area (Å²) < 4.78 is 0. The second-order valence-corrected chi connectivity index (χ2v) is 4.59. The molecule has 1 heterocycles. The summed E-state index contributed by atoms with van der Waals surface area (Å²) in [5, 5.41) is 3.43. The molecule has 0 unspecified atom stereocenters. The van der Waals surface area contributed by atoms with Crippen LogP contribution in [-0.4, -0.2) is 25.1 Å². The molecule has 0 aliphatic carbocycles. The molecule has 0 saturated carbocycles. The second-order valence-electron chi connectivity index (χ2n) is 4.59. The Labute approximate surface area is 104 Å². The van der Waals surface area contributed by atoms with E-state index in [1.807, 2.05) is 30.4 Å². The highest BCUT2D eigenvalue weighted by Crippen LogP contribution is 2.17. The van der Waals surface area contributed by atoms with Gasteiger partial charge < -0.3 is 10.2 Å². The average Bonchev–Trinajstić information content (AvgIpc) is 2.29. The minimum Gasteiger partial charge on any atom is -0.362 e. The molecule has 1 N–H and O–H groups in total. The van der Waals surface area contributed by atoms with Crippen molar-refractivity contribution < 1.29 is 0 Å². The van der Waals surface area contributed by atoms with Crippen molar-refractivity contribution in [3.05, 3.63) is 24.0 Å². The third-order valence-electron chi connectivity index (χ3n) is 2.50. The minimum absolute atomic E-state index is 0.600. The van der Waals surface area contributed by atoms with Crippen molar-refractivity contribution in [3.63, 3.8) is 0 Å². The van der Waals surface area contributed by atoms with Crippen LogP contribution in [0, 0.1) is 18.3 Å². The lowest BCUT2D eigenvalue weighted by Crippen LogP contribution is -2.23. The standard InChI is InChI=1S/C14H21N3/c1-5-8-17(4)14-11-15-7-6-13(14)10-16-9-12(2)3/h1,6-7,11-12,16H,8-10H2,2-4H3. The van der Waals surface area contributed by atoms with Gasteiger partial charge in [0.1, 0.15) is 0 Å². The van der Waals surface area contributed by atoms with Gasteiger partial charge in [-0.15, -0.1) is 6.42 Å². The molecule has 92 valence electrons. The Morgan fingerprint density at radius 3 is 2.94 bits per heavy atom. The molecule has 0 aromatic carbocycles. The van der Waals surface area contributed by atoms with Gasteiger partial charge in [-0.05, 0) is 24.1 Å². The highest BCUT2D eigenvalue weighted by atomic mass is 15.1. The van der Waals surface area contributed by atoms with E-state index in [2.05, 4.69) is 30.1 Å². The lowest BCUT2D eigenvalue weighted by molar-refractivity contribution is 0.552. The first kappa shape index (κ1) is 13.5. The number of nitrogens with one attached hydrogen (secondary N) is 1. The molecule has 0 aliphatic rings. The summed E-state index contributed by atoms with van der Waals surface area (Å²) in [5.74, 6) is 3.30. The van der Waals surface area contributed by atoms with E-state index >= 15 is 0 Å². The highest BCUT2D eigenvalue weighted by molar-refractivity contribution is 5.51. The fraction of sp³-hybridized carbons (Fsp3) is 0.500. The quantitative estimate of drug-likeness (QED) is 0.758. The topological polar surface area (TPSA) is 28.2 Å². The molecule has 1 aromatic rings. The Kier molecular flexibility index (Phi) is 5.51. The molecule has 0 aliphatic heterocycles. The summed E-state index contributed by atoms with van der Waals surface area (Å²) in [7, 11) is 1.99. The van der Waals surface area contributed by atoms with E-state index in [0.29, 0.717) is 12.5 Å². The minimum atomic E-state index is 0.600. The zero-order chi connectivity index (χ0) is 12.7. The van der Waals surface area contributed by atoms with E-state index in [4.69, 9.17) is 6.42 Å². The number of hydrogen-bond acceptors (Lipinski definition) is 3. The van der Waals surface area contributed by atoms with Crippen molar-refractivity contribution in [3.8, 4) is 12.3 Å². The van der Waals surface area contributed by atoms with Gasteiger partial charge in [-0.3, -0.25) is 4.98 Å². The lowest BCUT2D eigenvalue weighted by atomic mass is 10.2.